The summed E-state index contributed by atoms with van der Waals surface area (Å²) in [6.45, 7) is 1.99. The van der Waals surface area contributed by atoms with Crippen molar-refractivity contribution in [1.82, 2.24) is 0 Å². The molecule has 0 aromatic heterocycles. The largest absolute Gasteiger partial charge is 0.458 e. The predicted molar refractivity (Wildman–Crippen MR) is 113 cm³/mol. The highest BCUT2D eigenvalue weighted by Crippen LogP contribution is 2.46. The van der Waals surface area contributed by atoms with Gasteiger partial charge < -0.3 is 4.74 Å². The van der Waals surface area contributed by atoms with E-state index in [4.69, 9.17) is 4.74 Å². The van der Waals surface area contributed by atoms with Crippen LogP contribution in [0.2, 0.25) is 0 Å². The first-order chi connectivity index (χ1) is 14.4. The number of benzene rings is 2. The Morgan fingerprint density at radius 1 is 1.03 bits per heavy atom. The Kier molecular flexibility index (Phi) is 5.60. The third kappa shape index (κ3) is 3.97. The van der Waals surface area contributed by atoms with Gasteiger partial charge in [-0.15, -0.1) is 0 Å². The van der Waals surface area contributed by atoms with Gasteiger partial charge in [0, 0.05) is 17.9 Å². The van der Waals surface area contributed by atoms with Crippen LogP contribution in [0.4, 0.5) is 0 Å². The van der Waals surface area contributed by atoms with Crippen LogP contribution in [-0.2, 0) is 19.4 Å². The molecule has 30 heavy (non-hydrogen) atoms. The Labute approximate surface area is 176 Å². The zero-order chi connectivity index (χ0) is 21.3. The van der Waals surface area contributed by atoms with Crippen molar-refractivity contribution in [3.05, 3.63) is 77.4 Å². The lowest BCUT2D eigenvalue weighted by molar-refractivity contribution is -0.116. The van der Waals surface area contributed by atoms with Crippen LogP contribution in [0.3, 0.4) is 0 Å². The minimum absolute atomic E-state index is 0.0259. The van der Waals surface area contributed by atoms with Crippen molar-refractivity contribution in [1.29, 1.82) is 0 Å². The Hall–Kier alpha value is -2.73. The predicted octanol–water partition coefficient (Wildman–Crippen LogP) is 4.00. The summed E-state index contributed by atoms with van der Waals surface area (Å²) >= 11 is 0. The number of esters is 1. The Morgan fingerprint density at radius 2 is 1.67 bits per heavy atom. The molecule has 0 heterocycles. The Morgan fingerprint density at radius 3 is 2.33 bits per heavy atom. The minimum Gasteiger partial charge on any atom is -0.458 e. The SMILES string of the molecule is CC1CC2=C(CS(=O)(=O)c3ccccc3)C(=O)CCC2[C@@H]1OC(=O)c1ccccc1. The number of rotatable bonds is 5. The van der Waals surface area contributed by atoms with E-state index in [1.54, 1.807) is 54.6 Å². The summed E-state index contributed by atoms with van der Waals surface area (Å²) in [6, 6.07) is 17.0. The molecule has 0 amide bonds. The highest BCUT2D eigenvalue weighted by atomic mass is 32.2. The molecule has 0 aliphatic heterocycles. The van der Waals surface area contributed by atoms with Crippen LogP contribution in [0.1, 0.15) is 36.5 Å². The number of carbonyl (C=O) groups is 2. The highest BCUT2D eigenvalue weighted by molar-refractivity contribution is 7.91. The summed E-state index contributed by atoms with van der Waals surface area (Å²) in [7, 11) is -3.62. The number of hydrogen-bond donors (Lipinski definition) is 0. The molecular weight excluding hydrogens is 400 g/mol. The van der Waals surface area contributed by atoms with E-state index >= 15 is 0 Å². The molecule has 0 radical (unpaired) electrons. The van der Waals surface area contributed by atoms with Crippen molar-refractivity contribution in [2.24, 2.45) is 11.8 Å². The van der Waals surface area contributed by atoms with Gasteiger partial charge in [-0.1, -0.05) is 48.9 Å². The number of ether oxygens (including phenoxy) is 1. The number of sulfone groups is 1. The van der Waals surface area contributed by atoms with E-state index in [1.165, 1.54) is 0 Å². The van der Waals surface area contributed by atoms with Gasteiger partial charge in [0.25, 0.3) is 0 Å². The maximum Gasteiger partial charge on any atom is 0.338 e. The summed E-state index contributed by atoms with van der Waals surface area (Å²) in [4.78, 5) is 25.5. The van der Waals surface area contributed by atoms with Gasteiger partial charge in [-0.2, -0.15) is 0 Å². The lowest BCUT2D eigenvalue weighted by Gasteiger charge is -2.27. The van der Waals surface area contributed by atoms with Crippen LogP contribution in [0.5, 0.6) is 0 Å². The second kappa shape index (κ2) is 8.19. The molecule has 2 aromatic rings. The van der Waals surface area contributed by atoms with Gasteiger partial charge in [0.15, 0.2) is 15.6 Å². The summed E-state index contributed by atoms with van der Waals surface area (Å²) in [5, 5.41) is 0. The summed E-state index contributed by atoms with van der Waals surface area (Å²) in [6.07, 6.45) is 1.08. The first kappa shape index (κ1) is 20.5. The quantitative estimate of drug-likeness (QED) is 0.678. The lowest BCUT2D eigenvalue weighted by atomic mass is 9.83. The fourth-order valence-electron chi connectivity index (χ4n) is 4.55. The van der Waals surface area contributed by atoms with Crippen molar-refractivity contribution >= 4 is 21.6 Å². The van der Waals surface area contributed by atoms with Crippen LogP contribution in [0.25, 0.3) is 0 Å². The zero-order valence-corrected chi connectivity index (χ0v) is 17.6. The van der Waals surface area contributed by atoms with Crippen LogP contribution >= 0.6 is 0 Å². The molecule has 6 heteroatoms. The van der Waals surface area contributed by atoms with E-state index in [9.17, 15) is 18.0 Å². The zero-order valence-electron chi connectivity index (χ0n) is 16.8. The van der Waals surface area contributed by atoms with E-state index < -0.39 is 9.84 Å². The maximum atomic E-state index is 12.9. The van der Waals surface area contributed by atoms with Crippen molar-refractivity contribution in [2.75, 3.05) is 5.75 Å². The standard InChI is InChI=1S/C24H24O5S/c1-16-14-20-19(23(16)29-24(26)17-8-4-2-5-9-17)12-13-22(25)21(20)15-30(27,28)18-10-6-3-7-11-18/h2-11,16,19,23H,12-15H2,1H3/t16?,19?,23-/m1/s1. The second-order valence-electron chi connectivity index (χ2n) is 8.06. The van der Waals surface area contributed by atoms with Gasteiger partial charge in [-0.05, 0) is 43.0 Å². The monoisotopic (exact) mass is 424 g/mol. The Bertz CT molecular complexity index is 1090. The summed E-state index contributed by atoms with van der Waals surface area (Å²) in [5.41, 5.74) is 1.73. The molecule has 0 N–H and O–H groups in total. The third-order valence-electron chi connectivity index (χ3n) is 6.04. The molecular formula is C24H24O5S. The molecule has 2 aromatic carbocycles. The minimum atomic E-state index is -3.62. The van der Waals surface area contributed by atoms with Gasteiger partial charge in [-0.3, -0.25) is 4.79 Å². The van der Waals surface area contributed by atoms with Crippen molar-refractivity contribution in [2.45, 2.75) is 37.2 Å². The second-order valence-corrected chi connectivity index (χ2v) is 10.1. The Balaban J connectivity index is 1.61. The van der Waals surface area contributed by atoms with Crippen LogP contribution in [0.15, 0.2) is 76.7 Å². The first-order valence-corrected chi connectivity index (χ1v) is 11.8. The highest BCUT2D eigenvalue weighted by Gasteiger charge is 2.45. The molecule has 0 saturated heterocycles. The van der Waals surface area contributed by atoms with Crippen LogP contribution in [0, 0.1) is 11.8 Å². The van der Waals surface area contributed by atoms with Crippen molar-refractivity contribution in [3.63, 3.8) is 0 Å². The van der Waals surface area contributed by atoms with Gasteiger partial charge in [0.05, 0.1) is 16.2 Å². The van der Waals surface area contributed by atoms with Crippen LogP contribution < -0.4 is 0 Å². The van der Waals surface area contributed by atoms with E-state index in [2.05, 4.69) is 0 Å². The van der Waals surface area contributed by atoms with Gasteiger partial charge >= 0.3 is 5.97 Å². The van der Waals surface area contributed by atoms with Gasteiger partial charge in [0.1, 0.15) is 6.10 Å². The van der Waals surface area contributed by atoms with Gasteiger partial charge in [0.2, 0.25) is 0 Å². The molecule has 2 unspecified atom stereocenters. The average molecular weight is 425 g/mol. The molecule has 5 nitrogen and oxygen atoms in total. The smallest absolute Gasteiger partial charge is 0.338 e. The molecule has 2 aliphatic rings. The molecule has 1 saturated carbocycles. The molecule has 2 aliphatic carbocycles. The van der Waals surface area contributed by atoms with Crippen LogP contribution in [-0.4, -0.2) is 32.0 Å². The molecule has 1 fully saturated rings. The maximum absolute atomic E-state index is 12.9. The van der Waals surface area contributed by atoms with Crippen molar-refractivity contribution in [3.8, 4) is 0 Å². The molecule has 156 valence electrons. The lowest BCUT2D eigenvalue weighted by Crippen LogP contribution is -2.31. The summed E-state index contributed by atoms with van der Waals surface area (Å²) in [5.74, 6) is -0.871. The summed E-state index contributed by atoms with van der Waals surface area (Å²) < 4.78 is 31.6. The fourth-order valence-corrected chi connectivity index (χ4v) is 6.01. The van der Waals surface area contributed by atoms with Gasteiger partial charge in [-0.25, -0.2) is 13.2 Å². The molecule has 4 rings (SSSR count). The average Bonchev–Trinajstić information content (AvgIpc) is 3.07. The molecule has 3 atom stereocenters. The fraction of sp³-hybridized carbons (Fsp3) is 0.333. The third-order valence-corrected chi connectivity index (χ3v) is 7.70. The topological polar surface area (TPSA) is 77.5 Å². The number of Topliss-reactive ketones (excluding diaryl/α,β-unsaturated/α-hetero) is 1. The van der Waals surface area contributed by atoms with E-state index in [-0.39, 0.29) is 46.8 Å². The number of carbonyl (C=O) groups excluding carboxylic acids is 2. The molecule has 0 bridgehead atoms. The number of fused-ring (bicyclic) bond motifs is 1. The number of ketones is 1. The van der Waals surface area contributed by atoms with E-state index in [1.807, 2.05) is 13.0 Å². The normalized spacial score (nSPS) is 23.9. The van der Waals surface area contributed by atoms with Crippen molar-refractivity contribution < 1.29 is 22.7 Å². The number of hydrogen-bond acceptors (Lipinski definition) is 5. The van der Waals surface area contributed by atoms with E-state index in [0.29, 0.717) is 24.0 Å². The van der Waals surface area contributed by atoms with E-state index in [0.717, 1.165) is 5.57 Å². The molecule has 0 spiro atoms. The first-order valence-electron chi connectivity index (χ1n) is 10.2.